The molecule has 0 bridgehead atoms. The summed E-state index contributed by atoms with van der Waals surface area (Å²) in [6.07, 6.45) is 3.06. The molecular formula is C12H15N3O2. The zero-order valence-corrected chi connectivity index (χ0v) is 10.1. The predicted molar refractivity (Wildman–Crippen MR) is 62.7 cm³/mol. The number of hydrogen-bond donors (Lipinski definition) is 2. The van der Waals surface area contributed by atoms with Crippen LogP contribution >= 0.6 is 0 Å². The van der Waals surface area contributed by atoms with Gasteiger partial charge in [0.2, 0.25) is 0 Å². The highest BCUT2D eigenvalue weighted by Gasteiger charge is 2.16. The number of H-pyrrole nitrogens is 1. The predicted octanol–water partition coefficient (Wildman–Crippen LogP) is 2.11. The van der Waals surface area contributed by atoms with Crippen molar-refractivity contribution in [2.24, 2.45) is 0 Å². The molecular weight excluding hydrogens is 218 g/mol. The molecule has 0 aliphatic carbocycles. The van der Waals surface area contributed by atoms with Gasteiger partial charge >= 0.3 is 0 Å². The zero-order chi connectivity index (χ0) is 12.4. The van der Waals surface area contributed by atoms with Crippen LogP contribution in [0.1, 0.15) is 40.4 Å². The summed E-state index contributed by atoms with van der Waals surface area (Å²) >= 11 is 0. The average molecular weight is 233 g/mol. The lowest BCUT2D eigenvalue weighted by Gasteiger charge is -2.12. The number of carbonyl (C=O) groups excluding carboxylic acids is 1. The van der Waals surface area contributed by atoms with Gasteiger partial charge in [0.25, 0.3) is 5.91 Å². The number of hydrogen-bond acceptors (Lipinski definition) is 3. The van der Waals surface area contributed by atoms with E-state index in [9.17, 15) is 4.79 Å². The van der Waals surface area contributed by atoms with Crippen molar-refractivity contribution < 1.29 is 9.21 Å². The number of aromatic amines is 1. The van der Waals surface area contributed by atoms with E-state index in [0.29, 0.717) is 5.56 Å². The van der Waals surface area contributed by atoms with Crippen molar-refractivity contribution >= 4 is 5.91 Å². The fourth-order valence-electron chi connectivity index (χ4n) is 1.81. The van der Waals surface area contributed by atoms with Gasteiger partial charge in [-0.2, -0.15) is 5.10 Å². The lowest BCUT2D eigenvalue weighted by molar-refractivity contribution is 0.0940. The number of aromatic nitrogens is 2. The molecule has 0 aromatic carbocycles. The van der Waals surface area contributed by atoms with Crippen LogP contribution < -0.4 is 5.32 Å². The Morgan fingerprint density at radius 3 is 2.82 bits per heavy atom. The first-order chi connectivity index (χ1) is 8.08. The Bertz CT molecular complexity index is 514. The molecule has 90 valence electrons. The molecule has 0 radical (unpaired) electrons. The Kier molecular flexibility index (Phi) is 2.99. The molecule has 1 unspecified atom stereocenters. The Balaban J connectivity index is 2.09. The van der Waals surface area contributed by atoms with Crippen LogP contribution in [0, 0.1) is 13.8 Å². The van der Waals surface area contributed by atoms with Gasteiger partial charge in [-0.3, -0.25) is 9.89 Å². The number of furan rings is 1. The summed E-state index contributed by atoms with van der Waals surface area (Å²) in [7, 11) is 0. The van der Waals surface area contributed by atoms with Gasteiger partial charge in [0, 0.05) is 11.8 Å². The molecule has 2 heterocycles. The second-order valence-electron chi connectivity index (χ2n) is 4.05. The van der Waals surface area contributed by atoms with Crippen molar-refractivity contribution in [1.82, 2.24) is 15.5 Å². The number of carbonyl (C=O) groups is 1. The molecule has 0 fully saturated rings. The van der Waals surface area contributed by atoms with E-state index in [-0.39, 0.29) is 11.9 Å². The van der Waals surface area contributed by atoms with Crippen molar-refractivity contribution in [2.75, 3.05) is 0 Å². The summed E-state index contributed by atoms with van der Waals surface area (Å²) in [6.45, 7) is 5.71. The molecule has 17 heavy (non-hydrogen) atoms. The second kappa shape index (κ2) is 4.45. The quantitative estimate of drug-likeness (QED) is 0.852. The fraction of sp³-hybridized carbons (Fsp3) is 0.333. The lowest BCUT2D eigenvalue weighted by Crippen LogP contribution is -2.26. The third kappa shape index (κ3) is 2.38. The maximum Gasteiger partial charge on any atom is 0.254 e. The molecule has 2 rings (SSSR count). The first-order valence-electron chi connectivity index (χ1n) is 5.44. The highest BCUT2D eigenvalue weighted by atomic mass is 16.3. The fourth-order valence-corrected chi connectivity index (χ4v) is 1.81. The van der Waals surface area contributed by atoms with Crippen LogP contribution in [0.2, 0.25) is 0 Å². The van der Waals surface area contributed by atoms with Crippen LogP contribution in [-0.4, -0.2) is 16.1 Å². The summed E-state index contributed by atoms with van der Waals surface area (Å²) in [4.78, 5) is 11.8. The molecule has 0 spiro atoms. The van der Waals surface area contributed by atoms with Crippen LogP contribution in [-0.2, 0) is 0 Å². The Hall–Kier alpha value is -2.04. The van der Waals surface area contributed by atoms with E-state index < -0.39 is 0 Å². The van der Waals surface area contributed by atoms with E-state index >= 15 is 0 Å². The molecule has 0 saturated carbocycles. The van der Waals surface area contributed by atoms with Crippen molar-refractivity contribution in [1.29, 1.82) is 0 Å². The molecule has 5 heteroatoms. The Morgan fingerprint density at radius 1 is 1.53 bits per heavy atom. The number of aryl methyl sites for hydroxylation is 2. The molecule has 0 aliphatic heterocycles. The van der Waals surface area contributed by atoms with Gasteiger partial charge in [0.1, 0.15) is 11.5 Å². The van der Waals surface area contributed by atoms with Crippen LogP contribution in [0.5, 0.6) is 0 Å². The third-order valence-electron chi connectivity index (χ3n) is 2.65. The van der Waals surface area contributed by atoms with Crippen LogP contribution in [0.15, 0.2) is 22.9 Å². The van der Waals surface area contributed by atoms with Crippen molar-refractivity contribution in [3.05, 3.63) is 41.1 Å². The zero-order valence-electron chi connectivity index (χ0n) is 10.1. The summed E-state index contributed by atoms with van der Waals surface area (Å²) in [5.74, 6) is 1.54. The van der Waals surface area contributed by atoms with Crippen molar-refractivity contribution in [3.63, 3.8) is 0 Å². The highest BCUT2D eigenvalue weighted by molar-refractivity contribution is 5.93. The number of nitrogens with one attached hydrogen (secondary N) is 2. The first-order valence-corrected chi connectivity index (χ1v) is 5.44. The lowest BCUT2D eigenvalue weighted by atomic mass is 10.1. The van der Waals surface area contributed by atoms with E-state index in [1.165, 1.54) is 6.20 Å². The minimum absolute atomic E-state index is 0.0881. The second-order valence-corrected chi connectivity index (χ2v) is 4.05. The van der Waals surface area contributed by atoms with Gasteiger partial charge in [0.05, 0.1) is 17.8 Å². The first kappa shape index (κ1) is 11.4. The van der Waals surface area contributed by atoms with E-state index in [2.05, 4.69) is 15.5 Å². The van der Waals surface area contributed by atoms with E-state index in [1.54, 1.807) is 6.20 Å². The van der Waals surface area contributed by atoms with Crippen LogP contribution in [0.25, 0.3) is 0 Å². The topological polar surface area (TPSA) is 70.9 Å². The minimum Gasteiger partial charge on any atom is -0.466 e. The largest absolute Gasteiger partial charge is 0.466 e. The average Bonchev–Trinajstić information content (AvgIpc) is 2.87. The molecule has 2 aromatic rings. The highest BCUT2D eigenvalue weighted by Crippen LogP contribution is 2.21. The van der Waals surface area contributed by atoms with Crippen molar-refractivity contribution in [2.45, 2.75) is 26.8 Å². The molecule has 0 aliphatic rings. The monoisotopic (exact) mass is 233 g/mol. The normalized spacial score (nSPS) is 12.4. The molecule has 5 nitrogen and oxygen atoms in total. The van der Waals surface area contributed by atoms with E-state index in [0.717, 1.165) is 17.1 Å². The summed E-state index contributed by atoms with van der Waals surface area (Å²) < 4.78 is 5.44. The Morgan fingerprint density at radius 2 is 2.29 bits per heavy atom. The van der Waals surface area contributed by atoms with Gasteiger partial charge in [-0.15, -0.1) is 0 Å². The molecule has 0 saturated heterocycles. The SMILES string of the molecule is Cc1cc(C(C)NC(=O)c2cn[nH]c2)c(C)o1. The molecule has 1 amide bonds. The van der Waals surface area contributed by atoms with Gasteiger partial charge in [-0.1, -0.05) is 0 Å². The smallest absolute Gasteiger partial charge is 0.254 e. The van der Waals surface area contributed by atoms with E-state index in [1.807, 2.05) is 26.8 Å². The molecule has 2 aromatic heterocycles. The third-order valence-corrected chi connectivity index (χ3v) is 2.65. The van der Waals surface area contributed by atoms with Crippen LogP contribution in [0.4, 0.5) is 0 Å². The van der Waals surface area contributed by atoms with Gasteiger partial charge in [-0.25, -0.2) is 0 Å². The van der Waals surface area contributed by atoms with Gasteiger partial charge in [0.15, 0.2) is 0 Å². The number of nitrogens with zero attached hydrogens (tertiary/aromatic N) is 1. The molecule has 1 atom stereocenters. The summed E-state index contributed by atoms with van der Waals surface area (Å²) in [6, 6.07) is 1.85. The molecule has 2 N–H and O–H groups in total. The Labute approximate surface area is 99.2 Å². The number of amides is 1. The van der Waals surface area contributed by atoms with E-state index in [4.69, 9.17) is 4.42 Å². The summed E-state index contributed by atoms with van der Waals surface area (Å²) in [5, 5.41) is 9.24. The maximum atomic E-state index is 11.8. The van der Waals surface area contributed by atoms with Crippen LogP contribution in [0.3, 0.4) is 0 Å². The summed E-state index contributed by atoms with van der Waals surface area (Å²) in [5.41, 5.74) is 1.52. The standard InChI is InChI=1S/C12H15N3O2/c1-7-4-11(9(3)17-7)8(2)15-12(16)10-5-13-14-6-10/h4-6,8H,1-3H3,(H,13,14)(H,15,16). The van der Waals surface area contributed by atoms with Gasteiger partial charge in [-0.05, 0) is 26.8 Å². The van der Waals surface area contributed by atoms with Crippen molar-refractivity contribution in [3.8, 4) is 0 Å². The van der Waals surface area contributed by atoms with Gasteiger partial charge < -0.3 is 9.73 Å². The maximum absolute atomic E-state index is 11.8. The number of rotatable bonds is 3. The minimum atomic E-state index is -0.149.